The van der Waals surface area contributed by atoms with Crippen LogP contribution < -0.4 is 4.74 Å². The Morgan fingerprint density at radius 2 is 1.68 bits per heavy atom. The number of aliphatic carboxylic acids is 1. The molecule has 1 N–H and O–H groups in total. The maximum Gasteiger partial charge on any atom is 0.328 e. The van der Waals surface area contributed by atoms with Crippen LogP contribution in [-0.2, 0) is 10.2 Å². The molecule has 3 heteroatoms. The molecule has 3 nitrogen and oxygen atoms in total. The zero-order valence-electron chi connectivity index (χ0n) is 13.0. The Hall–Kier alpha value is -2.55. The Morgan fingerprint density at radius 1 is 1.05 bits per heavy atom. The number of carboxylic acids is 1. The average molecular weight is 296 g/mol. The fourth-order valence-electron chi connectivity index (χ4n) is 2.12. The van der Waals surface area contributed by atoms with E-state index < -0.39 is 5.97 Å². The van der Waals surface area contributed by atoms with Crippen molar-refractivity contribution in [2.45, 2.75) is 26.2 Å². The molecule has 0 aliphatic rings. The van der Waals surface area contributed by atoms with Gasteiger partial charge in [0.15, 0.2) is 0 Å². The highest BCUT2D eigenvalue weighted by molar-refractivity contribution is 5.85. The third-order valence-electron chi connectivity index (χ3n) is 3.22. The Morgan fingerprint density at radius 3 is 2.27 bits per heavy atom. The normalized spacial score (nSPS) is 11.6. The van der Waals surface area contributed by atoms with E-state index in [4.69, 9.17) is 9.84 Å². The van der Waals surface area contributed by atoms with Crippen LogP contribution in [0.15, 0.2) is 54.6 Å². The molecule has 114 valence electrons. The van der Waals surface area contributed by atoms with Gasteiger partial charge < -0.3 is 9.84 Å². The molecule has 0 atom stereocenters. The topological polar surface area (TPSA) is 46.5 Å². The molecule has 2 rings (SSSR count). The first-order valence-electron chi connectivity index (χ1n) is 7.15. The Kier molecular flexibility index (Phi) is 4.66. The van der Waals surface area contributed by atoms with E-state index >= 15 is 0 Å². The van der Waals surface area contributed by atoms with Gasteiger partial charge in [-0.2, -0.15) is 0 Å². The maximum atomic E-state index is 10.5. The second-order valence-corrected chi connectivity index (χ2v) is 6.09. The van der Waals surface area contributed by atoms with E-state index in [1.165, 1.54) is 0 Å². The SMILES string of the molecule is CC(C)(C)c1ccccc1Oc1ccc(C=CC(=O)O)cc1. The summed E-state index contributed by atoms with van der Waals surface area (Å²) in [4.78, 5) is 10.5. The molecule has 0 amide bonds. The Labute approximate surface area is 130 Å². The number of carbonyl (C=O) groups is 1. The number of benzene rings is 2. The quantitative estimate of drug-likeness (QED) is 0.818. The van der Waals surface area contributed by atoms with Gasteiger partial charge in [-0.15, -0.1) is 0 Å². The lowest BCUT2D eigenvalue weighted by molar-refractivity contribution is -0.131. The van der Waals surface area contributed by atoms with Crippen LogP contribution in [0.5, 0.6) is 11.5 Å². The molecule has 0 fully saturated rings. The van der Waals surface area contributed by atoms with Gasteiger partial charge in [-0.05, 0) is 35.3 Å². The molecule has 0 saturated carbocycles. The molecular formula is C19H20O3. The molecule has 0 aliphatic heterocycles. The number of hydrogen-bond donors (Lipinski definition) is 1. The van der Waals surface area contributed by atoms with Crippen molar-refractivity contribution in [3.05, 3.63) is 65.7 Å². The molecule has 0 radical (unpaired) electrons. The molecule has 0 spiro atoms. The minimum atomic E-state index is -0.959. The van der Waals surface area contributed by atoms with Gasteiger partial charge in [-0.1, -0.05) is 51.1 Å². The summed E-state index contributed by atoms with van der Waals surface area (Å²) in [5.74, 6) is 0.604. The molecule has 22 heavy (non-hydrogen) atoms. The van der Waals surface area contributed by atoms with Crippen molar-refractivity contribution in [2.75, 3.05) is 0 Å². The van der Waals surface area contributed by atoms with Gasteiger partial charge in [0.1, 0.15) is 11.5 Å². The van der Waals surface area contributed by atoms with Crippen LogP contribution in [-0.4, -0.2) is 11.1 Å². The standard InChI is InChI=1S/C19H20O3/c1-19(2,3)16-6-4-5-7-17(16)22-15-11-8-14(9-12-15)10-13-18(20)21/h4-13H,1-3H3,(H,20,21). The van der Waals surface area contributed by atoms with Gasteiger partial charge in [0, 0.05) is 11.6 Å². The van der Waals surface area contributed by atoms with Crippen LogP contribution in [0.2, 0.25) is 0 Å². The van der Waals surface area contributed by atoms with Crippen LogP contribution in [0, 0.1) is 0 Å². The number of ether oxygens (including phenoxy) is 1. The van der Waals surface area contributed by atoms with Gasteiger partial charge in [-0.3, -0.25) is 0 Å². The van der Waals surface area contributed by atoms with Gasteiger partial charge >= 0.3 is 5.97 Å². The number of rotatable bonds is 4. The summed E-state index contributed by atoms with van der Waals surface area (Å²) >= 11 is 0. The second kappa shape index (κ2) is 6.48. The lowest BCUT2D eigenvalue weighted by atomic mass is 9.86. The predicted molar refractivity (Wildman–Crippen MR) is 88.3 cm³/mol. The molecule has 2 aromatic carbocycles. The first kappa shape index (κ1) is 15.8. The molecule has 0 heterocycles. The van der Waals surface area contributed by atoms with E-state index in [0.717, 1.165) is 28.7 Å². The average Bonchev–Trinajstić information content (AvgIpc) is 2.46. The van der Waals surface area contributed by atoms with Crippen LogP contribution in [0.4, 0.5) is 0 Å². The van der Waals surface area contributed by atoms with Crippen molar-refractivity contribution >= 4 is 12.0 Å². The minimum absolute atomic E-state index is 0.000753. The zero-order chi connectivity index (χ0) is 16.2. The summed E-state index contributed by atoms with van der Waals surface area (Å²) in [5, 5.41) is 8.62. The van der Waals surface area contributed by atoms with E-state index in [1.807, 2.05) is 42.5 Å². The summed E-state index contributed by atoms with van der Waals surface area (Å²) in [5.41, 5.74) is 1.96. The lowest BCUT2D eigenvalue weighted by Crippen LogP contribution is -2.12. The minimum Gasteiger partial charge on any atom is -0.478 e. The van der Waals surface area contributed by atoms with Crippen LogP contribution in [0.25, 0.3) is 6.08 Å². The van der Waals surface area contributed by atoms with Crippen molar-refractivity contribution in [1.82, 2.24) is 0 Å². The highest BCUT2D eigenvalue weighted by atomic mass is 16.5. The number of carboxylic acid groups (broad SMARTS) is 1. The van der Waals surface area contributed by atoms with E-state index in [9.17, 15) is 4.79 Å². The van der Waals surface area contributed by atoms with Crippen LogP contribution in [0.1, 0.15) is 31.9 Å². The van der Waals surface area contributed by atoms with E-state index in [2.05, 4.69) is 26.8 Å². The van der Waals surface area contributed by atoms with Gasteiger partial charge in [0.05, 0.1) is 0 Å². The third kappa shape index (κ3) is 4.22. The smallest absolute Gasteiger partial charge is 0.328 e. The lowest BCUT2D eigenvalue weighted by Gasteiger charge is -2.22. The summed E-state index contributed by atoms with van der Waals surface area (Å²) in [7, 11) is 0. The summed E-state index contributed by atoms with van der Waals surface area (Å²) in [6, 6.07) is 15.3. The first-order chi connectivity index (χ1) is 10.4. The highest BCUT2D eigenvalue weighted by Gasteiger charge is 2.18. The van der Waals surface area contributed by atoms with Gasteiger partial charge in [0.2, 0.25) is 0 Å². The molecular weight excluding hydrogens is 276 g/mol. The van der Waals surface area contributed by atoms with Crippen molar-refractivity contribution in [2.24, 2.45) is 0 Å². The van der Waals surface area contributed by atoms with E-state index in [1.54, 1.807) is 6.08 Å². The van der Waals surface area contributed by atoms with Crippen molar-refractivity contribution in [1.29, 1.82) is 0 Å². The zero-order valence-corrected chi connectivity index (χ0v) is 13.0. The monoisotopic (exact) mass is 296 g/mol. The summed E-state index contributed by atoms with van der Waals surface area (Å²) < 4.78 is 5.98. The highest BCUT2D eigenvalue weighted by Crippen LogP contribution is 2.33. The summed E-state index contributed by atoms with van der Waals surface area (Å²) in [6.45, 7) is 6.44. The number of para-hydroxylation sites is 1. The Bertz CT molecular complexity index is 677. The van der Waals surface area contributed by atoms with Gasteiger partial charge in [-0.25, -0.2) is 4.79 Å². The van der Waals surface area contributed by atoms with Crippen LogP contribution in [0.3, 0.4) is 0 Å². The molecule has 0 bridgehead atoms. The molecule has 2 aromatic rings. The van der Waals surface area contributed by atoms with Crippen molar-refractivity contribution < 1.29 is 14.6 Å². The van der Waals surface area contributed by atoms with Crippen LogP contribution >= 0.6 is 0 Å². The second-order valence-electron chi connectivity index (χ2n) is 6.09. The summed E-state index contributed by atoms with van der Waals surface area (Å²) in [6.07, 6.45) is 2.67. The van der Waals surface area contributed by atoms with Gasteiger partial charge in [0.25, 0.3) is 0 Å². The molecule has 0 unspecified atom stereocenters. The molecule has 0 aliphatic carbocycles. The fraction of sp³-hybridized carbons (Fsp3) is 0.211. The Balaban J connectivity index is 2.20. The largest absolute Gasteiger partial charge is 0.478 e. The van der Waals surface area contributed by atoms with E-state index in [-0.39, 0.29) is 5.41 Å². The molecule has 0 aromatic heterocycles. The van der Waals surface area contributed by atoms with Crippen molar-refractivity contribution in [3.8, 4) is 11.5 Å². The van der Waals surface area contributed by atoms with E-state index in [0.29, 0.717) is 0 Å². The fourth-order valence-corrected chi connectivity index (χ4v) is 2.12. The maximum absolute atomic E-state index is 10.5. The molecule has 0 saturated heterocycles. The number of hydrogen-bond acceptors (Lipinski definition) is 2. The van der Waals surface area contributed by atoms with Crippen molar-refractivity contribution in [3.63, 3.8) is 0 Å². The predicted octanol–water partition coefficient (Wildman–Crippen LogP) is 4.87. The first-order valence-corrected chi connectivity index (χ1v) is 7.15. The third-order valence-corrected chi connectivity index (χ3v) is 3.22.